The summed E-state index contributed by atoms with van der Waals surface area (Å²) in [6.07, 6.45) is 3.73. The van der Waals surface area contributed by atoms with Gasteiger partial charge in [-0.3, -0.25) is 4.98 Å². The van der Waals surface area contributed by atoms with E-state index < -0.39 is 5.82 Å². The zero-order chi connectivity index (χ0) is 13.4. The lowest BCUT2D eigenvalue weighted by Gasteiger charge is -2.15. The molecule has 98 valence electrons. The van der Waals surface area contributed by atoms with E-state index in [2.05, 4.69) is 16.4 Å². The summed E-state index contributed by atoms with van der Waals surface area (Å²) >= 11 is 11.6. The van der Waals surface area contributed by atoms with Crippen LogP contribution in [-0.4, -0.2) is 4.98 Å². The Kier molecular flexibility index (Phi) is 3.33. The van der Waals surface area contributed by atoms with Gasteiger partial charge in [0.15, 0.2) is 5.82 Å². The maximum atomic E-state index is 13.4. The van der Waals surface area contributed by atoms with E-state index in [0.717, 1.165) is 18.5 Å². The standard InChI is InChI=1S/C14H11Cl2FN2/c15-10-6-9(7-11(16)13(10)17)19-12-4-3-8-2-1-5-18-14(8)12/h1-2,5-7,12,19H,3-4H2. The van der Waals surface area contributed by atoms with Crippen molar-refractivity contribution >= 4 is 28.9 Å². The molecule has 0 aliphatic heterocycles. The molecule has 0 radical (unpaired) electrons. The highest BCUT2D eigenvalue weighted by Crippen LogP contribution is 2.34. The minimum atomic E-state index is -0.584. The van der Waals surface area contributed by atoms with Crippen LogP contribution in [-0.2, 0) is 6.42 Å². The van der Waals surface area contributed by atoms with Crippen molar-refractivity contribution in [2.45, 2.75) is 18.9 Å². The second-order valence-electron chi connectivity index (χ2n) is 4.54. The average Bonchev–Trinajstić information content (AvgIpc) is 2.79. The number of pyridine rings is 1. The molecule has 3 rings (SSSR count). The van der Waals surface area contributed by atoms with Crippen molar-refractivity contribution in [2.75, 3.05) is 5.32 Å². The number of aryl methyl sites for hydroxylation is 1. The lowest BCUT2D eigenvalue weighted by Crippen LogP contribution is -2.08. The van der Waals surface area contributed by atoms with Gasteiger partial charge in [0.2, 0.25) is 0 Å². The summed E-state index contributed by atoms with van der Waals surface area (Å²) in [5.74, 6) is -0.584. The lowest BCUT2D eigenvalue weighted by atomic mass is 10.2. The van der Waals surface area contributed by atoms with Crippen LogP contribution in [0.25, 0.3) is 0 Å². The summed E-state index contributed by atoms with van der Waals surface area (Å²) in [6.45, 7) is 0. The largest absolute Gasteiger partial charge is 0.377 e. The smallest absolute Gasteiger partial charge is 0.160 e. The van der Waals surface area contributed by atoms with Crippen LogP contribution in [0.15, 0.2) is 30.5 Å². The molecule has 0 spiro atoms. The molecule has 0 fully saturated rings. The SMILES string of the molecule is Fc1c(Cl)cc(NC2CCc3cccnc32)cc1Cl. The van der Waals surface area contributed by atoms with Gasteiger partial charge in [0.25, 0.3) is 0 Å². The lowest BCUT2D eigenvalue weighted by molar-refractivity contribution is 0.628. The Hall–Kier alpha value is -1.32. The third kappa shape index (κ3) is 2.40. The second kappa shape index (κ2) is 4.99. The van der Waals surface area contributed by atoms with Gasteiger partial charge in [-0.2, -0.15) is 0 Å². The molecule has 5 heteroatoms. The topological polar surface area (TPSA) is 24.9 Å². The molecule has 1 atom stereocenters. The molecule has 0 bridgehead atoms. The Bertz CT molecular complexity index is 608. The van der Waals surface area contributed by atoms with E-state index in [9.17, 15) is 4.39 Å². The third-order valence-corrected chi connectivity index (χ3v) is 3.83. The summed E-state index contributed by atoms with van der Waals surface area (Å²) in [5.41, 5.74) is 3.00. The van der Waals surface area contributed by atoms with Gasteiger partial charge in [-0.1, -0.05) is 29.3 Å². The quantitative estimate of drug-likeness (QED) is 0.818. The molecule has 1 aromatic carbocycles. The fraction of sp³-hybridized carbons (Fsp3) is 0.214. The molecule has 1 heterocycles. The fourth-order valence-corrected chi connectivity index (χ4v) is 2.88. The first-order valence-corrected chi connectivity index (χ1v) is 6.75. The number of anilines is 1. The molecule has 1 unspecified atom stereocenters. The van der Waals surface area contributed by atoms with Crippen LogP contribution < -0.4 is 5.32 Å². The number of nitrogens with zero attached hydrogens (tertiary/aromatic N) is 1. The van der Waals surface area contributed by atoms with Gasteiger partial charge in [0.1, 0.15) is 0 Å². The van der Waals surface area contributed by atoms with Crippen LogP contribution in [0.5, 0.6) is 0 Å². The van der Waals surface area contributed by atoms with Crippen LogP contribution in [0, 0.1) is 5.82 Å². The number of fused-ring (bicyclic) bond motifs is 1. The van der Waals surface area contributed by atoms with Crippen LogP contribution >= 0.6 is 23.2 Å². The highest BCUT2D eigenvalue weighted by Gasteiger charge is 2.23. The van der Waals surface area contributed by atoms with Crippen molar-refractivity contribution in [2.24, 2.45) is 0 Å². The first-order chi connectivity index (χ1) is 9.15. The Morgan fingerprint density at radius 2 is 2.00 bits per heavy atom. The number of aromatic nitrogens is 1. The molecule has 1 aliphatic carbocycles. The molecular weight excluding hydrogens is 286 g/mol. The number of nitrogens with one attached hydrogen (secondary N) is 1. The van der Waals surface area contributed by atoms with Crippen molar-refractivity contribution in [3.05, 3.63) is 57.6 Å². The van der Waals surface area contributed by atoms with E-state index in [1.165, 1.54) is 5.56 Å². The number of rotatable bonds is 2. The molecule has 0 saturated carbocycles. The average molecular weight is 297 g/mol. The van der Waals surface area contributed by atoms with E-state index >= 15 is 0 Å². The predicted molar refractivity (Wildman–Crippen MR) is 75.3 cm³/mol. The van der Waals surface area contributed by atoms with E-state index in [1.807, 2.05) is 6.07 Å². The monoisotopic (exact) mass is 296 g/mol. The normalized spacial score (nSPS) is 17.3. The summed E-state index contributed by atoms with van der Waals surface area (Å²) < 4.78 is 13.4. The summed E-state index contributed by atoms with van der Waals surface area (Å²) in [5, 5.41) is 3.35. The van der Waals surface area contributed by atoms with Gasteiger partial charge in [-0.15, -0.1) is 0 Å². The highest BCUT2D eigenvalue weighted by molar-refractivity contribution is 6.35. The van der Waals surface area contributed by atoms with Crippen LogP contribution in [0.3, 0.4) is 0 Å². The molecule has 1 aliphatic rings. The summed E-state index contributed by atoms with van der Waals surface area (Å²) in [7, 11) is 0. The predicted octanol–water partition coefficient (Wildman–Crippen LogP) is 4.63. The van der Waals surface area contributed by atoms with Crippen molar-refractivity contribution in [1.82, 2.24) is 4.98 Å². The van der Waals surface area contributed by atoms with Crippen LogP contribution in [0.2, 0.25) is 10.0 Å². The molecule has 2 aromatic rings. The summed E-state index contributed by atoms with van der Waals surface area (Å²) in [6, 6.07) is 7.23. The zero-order valence-corrected chi connectivity index (χ0v) is 11.5. The first-order valence-electron chi connectivity index (χ1n) is 6.00. The van der Waals surface area contributed by atoms with Crippen molar-refractivity contribution in [1.29, 1.82) is 0 Å². The molecule has 2 nitrogen and oxygen atoms in total. The van der Waals surface area contributed by atoms with Gasteiger partial charge >= 0.3 is 0 Å². The number of hydrogen-bond acceptors (Lipinski definition) is 2. The van der Waals surface area contributed by atoms with Crippen LogP contribution in [0.1, 0.15) is 23.7 Å². The van der Waals surface area contributed by atoms with Gasteiger partial charge in [-0.25, -0.2) is 4.39 Å². The minimum Gasteiger partial charge on any atom is -0.377 e. The van der Waals surface area contributed by atoms with Gasteiger partial charge in [0, 0.05) is 11.9 Å². The van der Waals surface area contributed by atoms with E-state index in [-0.39, 0.29) is 16.1 Å². The van der Waals surface area contributed by atoms with Gasteiger partial charge < -0.3 is 5.32 Å². The number of benzene rings is 1. The number of hydrogen-bond donors (Lipinski definition) is 1. The van der Waals surface area contributed by atoms with E-state index in [1.54, 1.807) is 18.3 Å². The van der Waals surface area contributed by atoms with Gasteiger partial charge in [-0.05, 0) is 36.6 Å². The molecule has 0 amide bonds. The maximum Gasteiger partial charge on any atom is 0.160 e. The molecule has 1 N–H and O–H groups in total. The van der Waals surface area contributed by atoms with Crippen molar-refractivity contribution < 1.29 is 4.39 Å². The third-order valence-electron chi connectivity index (χ3n) is 3.28. The molecule has 19 heavy (non-hydrogen) atoms. The fourth-order valence-electron chi connectivity index (χ4n) is 2.39. The van der Waals surface area contributed by atoms with Crippen LogP contribution in [0.4, 0.5) is 10.1 Å². The summed E-state index contributed by atoms with van der Waals surface area (Å²) in [4.78, 5) is 4.40. The van der Waals surface area contributed by atoms with E-state index in [4.69, 9.17) is 23.2 Å². The zero-order valence-electron chi connectivity index (χ0n) is 9.96. The minimum absolute atomic E-state index is 0.0224. The van der Waals surface area contributed by atoms with Crippen molar-refractivity contribution in [3.63, 3.8) is 0 Å². The number of halogens is 3. The molecule has 1 aromatic heterocycles. The van der Waals surface area contributed by atoms with Crippen molar-refractivity contribution in [3.8, 4) is 0 Å². The van der Waals surface area contributed by atoms with E-state index in [0.29, 0.717) is 5.69 Å². The molecular formula is C14H11Cl2FN2. The Morgan fingerprint density at radius 1 is 1.26 bits per heavy atom. The second-order valence-corrected chi connectivity index (χ2v) is 5.35. The Balaban J connectivity index is 1.87. The van der Waals surface area contributed by atoms with Gasteiger partial charge in [0.05, 0.1) is 21.8 Å². The highest BCUT2D eigenvalue weighted by atomic mass is 35.5. The Morgan fingerprint density at radius 3 is 2.74 bits per heavy atom. The molecule has 0 saturated heterocycles. The Labute approximate surface area is 120 Å². The maximum absolute atomic E-state index is 13.4. The first kappa shape index (κ1) is 12.7.